The van der Waals surface area contributed by atoms with Crippen molar-refractivity contribution in [2.75, 3.05) is 5.73 Å². The number of nitrogens with one attached hydrogen (secondary N) is 1. The molecule has 0 bridgehead atoms. The van der Waals surface area contributed by atoms with Gasteiger partial charge in [0.05, 0.1) is 16.6 Å². The molecule has 1 heterocycles. The molecular weight excluding hydrogens is 261 g/mol. The Labute approximate surface area is 112 Å². The summed E-state index contributed by atoms with van der Waals surface area (Å²) in [7, 11) is 0. The number of rotatable bonds is 1. The van der Waals surface area contributed by atoms with E-state index in [1.165, 1.54) is 12.1 Å². The highest BCUT2D eigenvalue weighted by Gasteiger charge is 2.10. The van der Waals surface area contributed by atoms with Crippen molar-refractivity contribution in [3.05, 3.63) is 69.1 Å². The molecule has 6 heteroatoms. The number of anilines is 1. The maximum Gasteiger partial charge on any atom is 0.333 e. The zero-order valence-electron chi connectivity index (χ0n) is 10.3. The third kappa shape index (κ3) is 1.87. The topological polar surface area (TPSA) is 80.9 Å². The number of nitrogen functional groups attached to an aromatic ring is 1. The largest absolute Gasteiger partial charge is 0.399 e. The molecule has 0 aliphatic carbocycles. The van der Waals surface area contributed by atoms with Gasteiger partial charge in [0.2, 0.25) is 0 Å². The van der Waals surface area contributed by atoms with Crippen molar-refractivity contribution < 1.29 is 4.39 Å². The number of H-pyrrole nitrogens is 1. The van der Waals surface area contributed by atoms with Gasteiger partial charge in [0.25, 0.3) is 5.56 Å². The minimum Gasteiger partial charge on any atom is -0.399 e. The van der Waals surface area contributed by atoms with Crippen molar-refractivity contribution in [2.45, 2.75) is 0 Å². The molecule has 2 aromatic carbocycles. The Morgan fingerprint density at radius 1 is 1.05 bits per heavy atom. The van der Waals surface area contributed by atoms with E-state index in [1.807, 2.05) is 0 Å². The third-order valence-corrected chi connectivity index (χ3v) is 3.01. The van der Waals surface area contributed by atoms with E-state index >= 15 is 0 Å². The molecule has 0 aliphatic rings. The van der Waals surface area contributed by atoms with E-state index in [0.717, 1.165) is 10.6 Å². The zero-order valence-corrected chi connectivity index (χ0v) is 10.3. The molecule has 0 amide bonds. The number of fused-ring (bicyclic) bond motifs is 1. The second kappa shape index (κ2) is 4.34. The molecule has 0 atom stereocenters. The van der Waals surface area contributed by atoms with Gasteiger partial charge in [0.1, 0.15) is 5.82 Å². The Morgan fingerprint density at radius 3 is 2.45 bits per heavy atom. The molecule has 0 radical (unpaired) electrons. The van der Waals surface area contributed by atoms with Gasteiger partial charge in [0, 0.05) is 5.69 Å². The second-order valence-corrected chi connectivity index (χ2v) is 4.35. The molecular formula is C14H10FN3O2. The molecule has 0 saturated carbocycles. The predicted molar refractivity (Wildman–Crippen MR) is 74.5 cm³/mol. The molecule has 0 fully saturated rings. The first-order valence-electron chi connectivity index (χ1n) is 5.87. The van der Waals surface area contributed by atoms with Gasteiger partial charge in [0.15, 0.2) is 0 Å². The van der Waals surface area contributed by atoms with E-state index in [2.05, 4.69) is 4.98 Å². The Hall–Kier alpha value is -2.89. The minimum atomic E-state index is -0.584. The Morgan fingerprint density at radius 2 is 1.75 bits per heavy atom. The third-order valence-electron chi connectivity index (χ3n) is 3.01. The van der Waals surface area contributed by atoms with E-state index in [0.29, 0.717) is 16.9 Å². The number of aromatic amines is 1. The average molecular weight is 271 g/mol. The van der Waals surface area contributed by atoms with Crippen LogP contribution in [0.25, 0.3) is 16.6 Å². The highest BCUT2D eigenvalue weighted by atomic mass is 19.1. The van der Waals surface area contributed by atoms with Crippen LogP contribution in [0.3, 0.4) is 0 Å². The van der Waals surface area contributed by atoms with Gasteiger partial charge in [-0.15, -0.1) is 0 Å². The van der Waals surface area contributed by atoms with Crippen molar-refractivity contribution >= 4 is 16.6 Å². The fourth-order valence-corrected chi connectivity index (χ4v) is 2.04. The van der Waals surface area contributed by atoms with Crippen LogP contribution in [0.4, 0.5) is 10.1 Å². The van der Waals surface area contributed by atoms with Crippen LogP contribution in [-0.4, -0.2) is 9.55 Å². The quantitative estimate of drug-likeness (QED) is 0.656. The van der Waals surface area contributed by atoms with E-state index in [4.69, 9.17) is 5.73 Å². The lowest BCUT2D eigenvalue weighted by Crippen LogP contribution is -2.33. The van der Waals surface area contributed by atoms with Crippen molar-refractivity contribution in [1.82, 2.24) is 9.55 Å². The number of benzene rings is 2. The SMILES string of the molecule is Nc1ccc(-n2c(=O)[nH]c3ccc(F)cc3c2=O)cc1. The highest BCUT2D eigenvalue weighted by molar-refractivity contribution is 5.77. The molecule has 0 aliphatic heterocycles. The van der Waals surface area contributed by atoms with E-state index < -0.39 is 17.1 Å². The molecule has 5 nitrogen and oxygen atoms in total. The van der Waals surface area contributed by atoms with Gasteiger partial charge in [-0.3, -0.25) is 4.79 Å². The van der Waals surface area contributed by atoms with Crippen LogP contribution in [0.5, 0.6) is 0 Å². The van der Waals surface area contributed by atoms with Crippen LogP contribution in [0.15, 0.2) is 52.1 Å². The first kappa shape index (κ1) is 12.2. The number of hydrogen-bond donors (Lipinski definition) is 2. The summed E-state index contributed by atoms with van der Waals surface area (Å²) in [4.78, 5) is 26.9. The molecule has 0 spiro atoms. The number of nitrogens with zero attached hydrogens (tertiary/aromatic N) is 1. The molecule has 100 valence electrons. The smallest absolute Gasteiger partial charge is 0.333 e. The molecule has 3 N–H and O–H groups in total. The summed E-state index contributed by atoms with van der Waals surface area (Å²) >= 11 is 0. The number of hydrogen-bond acceptors (Lipinski definition) is 3. The van der Waals surface area contributed by atoms with Crippen LogP contribution >= 0.6 is 0 Å². The summed E-state index contributed by atoms with van der Waals surface area (Å²) in [6.07, 6.45) is 0. The average Bonchev–Trinajstić information content (AvgIpc) is 2.42. The number of halogens is 1. The summed E-state index contributed by atoms with van der Waals surface area (Å²) in [6, 6.07) is 9.91. The van der Waals surface area contributed by atoms with Crippen LogP contribution in [-0.2, 0) is 0 Å². The standard InChI is InChI=1S/C14H10FN3O2/c15-8-1-6-12-11(7-8)13(19)18(14(20)17-12)10-4-2-9(16)3-5-10/h1-7H,16H2,(H,17,20). The molecule has 3 aromatic rings. The first-order valence-corrected chi connectivity index (χ1v) is 5.87. The van der Waals surface area contributed by atoms with Gasteiger partial charge >= 0.3 is 5.69 Å². The van der Waals surface area contributed by atoms with Gasteiger partial charge in [-0.25, -0.2) is 13.8 Å². The minimum absolute atomic E-state index is 0.112. The lowest BCUT2D eigenvalue weighted by Gasteiger charge is -2.06. The molecule has 3 rings (SSSR count). The predicted octanol–water partition coefficient (Wildman–Crippen LogP) is 1.40. The second-order valence-electron chi connectivity index (χ2n) is 4.35. The van der Waals surface area contributed by atoms with Crippen molar-refractivity contribution in [3.8, 4) is 5.69 Å². The van der Waals surface area contributed by atoms with Crippen LogP contribution in [0.2, 0.25) is 0 Å². The van der Waals surface area contributed by atoms with E-state index in [9.17, 15) is 14.0 Å². The van der Waals surface area contributed by atoms with Gasteiger partial charge < -0.3 is 10.7 Å². The maximum absolute atomic E-state index is 13.2. The number of nitrogens with two attached hydrogens (primary N) is 1. The fraction of sp³-hybridized carbons (Fsp3) is 0. The molecule has 1 aromatic heterocycles. The summed E-state index contributed by atoms with van der Waals surface area (Å²) < 4.78 is 14.2. The summed E-state index contributed by atoms with van der Waals surface area (Å²) in [6.45, 7) is 0. The van der Waals surface area contributed by atoms with Crippen LogP contribution in [0.1, 0.15) is 0 Å². The molecule has 0 saturated heterocycles. The monoisotopic (exact) mass is 271 g/mol. The van der Waals surface area contributed by atoms with Crippen LogP contribution in [0, 0.1) is 5.82 Å². The Balaban J connectivity index is 2.39. The van der Waals surface area contributed by atoms with Crippen molar-refractivity contribution in [1.29, 1.82) is 0 Å². The Bertz CT molecular complexity index is 910. The highest BCUT2D eigenvalue weighted by Crippen LogP contribution is 2.10. The summed E-state index contributed by atoms with van der Waals surface area (Å²) in [5, 5.41) is 0.112. The van der Waals surface area contributed by atoms with E-state index in [1.54, 1.807) is 24.3 Å². The zero-order chi connectivity index (χ0) is 14.3. The van der Waals surface area contributed by atoms with Gasteiger partial charge in [-0.2, -0.15) is 0 Å². The molecule has 20 heavy (non-hydrogen) atoms. The fourth-order valence-electron chi connectivity index (χ4n) is 2.04. The van der Waals surface area contributed by atoms with Gasteiger partial charge in [-0.1, -0.05) is 0 Å². The summed E-state index contributed by atoms with van der Waals surface area (Å²) in [5.74, 6) is -0.537. The van der Waals surface area contributed by atoms with Crippen LogP contribution < -0.4 is 17.0 Å². The maximum atomic E-state index is 13.2. The lowest BCUT2D eigenvalue weighted by molar-refractivity contribution is 0.629. The summed E-state index contributed by atoms with van der Waals surface area (Å²) in [5.41, 5.74) is 5.60. The normalized spacial score (nSPS) is 10.8. The number of aromatic nitrogens is 2. The Kier molecular flexibility index (Phi) is 2.64. The van der Waals surface area contributed by atoms with E-state index in [-0.39, 0.29) is 5.39 Å². The lowest BCUT2D eigenvalue weighted by atomic mass is 10.2. The van der Waals surface area contributed by atoms with Crippen molar-refractivity contribution in [3.63, 3.8) is 0 Å². The molecule has 0 unspecified atom stereocenters. The van der Waals surface area contributed by atoms with Gasteiger partial charge in [-0.05, 0) is 42.5 Å². The van der Waals surface area contributed by atoms with Crippen molar-refractivity contribution in [2.24, 2.45) is 0 Å². The first-order chi connectivity index (χ1) is 9.56.